The molecule has 4 fully saturated rings. The molecule has 4 aliphatic rings. The van der Waals surface area contributed by atoms with E-state index in [4.69, 9.17) is 4.74 Å². The molecule has 2 nitrogen and oxygen atoms in total. The van der Waals surface area contributed by atoms with Crippen molar-refractivity contribution in [2.45, 2.75) is 43.9 Å². The molecular weight excluding hydrogens is 150 g/mol. The zero-order chi connectivity index (χ0) is 8.18. The van der Waals surface area contributed by atoms with Crippen molar-refractivity contribution >= 4 is 0 Å². The first-order chi connectivity index (χ1) is 5.80. The second kappa shape index (κ2) is 2.24. The molecule has 2 aliphatic heterocycles. The maximum Gasteiger partial charge on any atom is 0.119 e. The smallest absolute Gasteiger partial charge is 0.119 e. The van der Waals surface area contributed by atoms with Crippen LogP contribution in [-0.2, 0) is 4.74 Å². The van der Waals surface area contributed by atoms with Gasteiger partial charge in [-0.05, 0) is 51.0 Å². The molecule has 2 saturated carbocycles. The number of rotatable bonds is 1. The third kappa shape index (κ3) is 0.882. The molecule has 2 aliphatic carbocycles. The summed E-state index contributed by atoms with van der Waals surface area (Å²) in [5.74, 6) is 1.92. The second-order valence-corrected chi connectivity index (χ2v) is 4.83. The zero-order valence-corrected chi connectivity index (χ0v) is 7.68. The fourth-order valence-electron chi connectivity index (χ4n) is 3.63. The fraction of sp³-hybridized carbons (Fsp3) is 1.00. The Bertz CT molecular complexity index is 167. The van der Waals surface area contributed by atoms with Gasteiger partial charge < -0.3 is 4.74 Å². The molecular formula is C10H17NO. The first kappa shape index (κ1) is 7.34. The third-order valence-electron chi connectivity index (χ3n) is 3.94. The largest absolute Gasteiger partial charge is 0.357 e. The van der Waals surface area contributed by atoms with Crippen LogP contribution in [0, 0.1) is 11.8 Å². The number of hydrogen-bond acceptors (Lipinski definition) is 2. The van der Waals surface area contributed by atoms with E-state index in [0.717, 1.165) is 11.8 Å². The Kier molecular flexibility index (Phi) is 1.37. The molecule has 2 heteroatoms. The molecule has 2 unspecified atom stereocenters. The van der Waals surface area contributed by atoms with Crippen LogP contribution in [-0.4, -0.2) is 18.9 Å². The van der Waals surface area contributed by atoms with E-state index >= 15 is 0 Å². The molecule has 4 atom stereocenters. The molecule has 0 aromatic heterocycles. The van der Waals surface area contributed by atoms with Crippen LogP contribution in [0.15, 0.2) is 0 Å². The predicted molar refractivity (Wildman–Crippen MR) is 46.7 cm³/mol. The lowest BCUT2D eigenvalue weighted by atomic mass is 9.65. The maximum atomic E-state index is 6.05. The van der Waals surface area contributed by atoms with Gasteiger partial charge in [0.1, 0.15) is 5.72 Å². The van der Waals surface area contributed by atoms with Gasteiger partial charge in [0.2, 0.25) is 0 Å². The molecule has 12 heavy (non-hydrogen) atoms. The van der Waals surface area contributed by atoms with Gasteiger partial charge in [0.15, 0.2) is 0 Å². The summed E-state index contributed by atoms with van der Waals surface area (Å²) in [6.45, 7) is 0. The van der Waals surface area contributed by atoms with Crippen molar-refractivity contribution in [3.63, 3.8) is 0 Å². The Labute approximate surface area is 73.7 Å². The van der Waals surface area contributed by atoms with Crippen molar-refractivity contribution in [1.82, 2.24) is 5.32 Å². The Morgan fingerprint density at radius 3 is 2.33 bits per heavy atom. The van der Waals surface area contributed by atoms with Crippen LogP contribution in [0.2, 0.25) is 0 Å². The van der Waals surface area contributed by atoms with Gasteiger partial charge >= 0.3 is 0 Å². The molecule has 2 saturated heterocycles. The van der Waals surface area contributed by atoms with Gasteiger partial charge in [-0.1, -0.05) is 0 Å². The minimum atomic E-state index is 0.0920. The lowest BCUT2D eigenvalue weighted by molar-refractivity contribution is -0.231. The van der Waals surface area contributed by atoms with E-state index in [9.17, 15) is 0 Å². The van der Waals surface area contributed by atoms with Gasteiger partial charge in [-0.15, -0.1) is 0 Å². The van der Waals surface area contributed by atoms with Crippen molar-refractivity contribution < 1.29 is 4.74 Å². The summed E-state index contributed by atoms with van der Waals surface area (Å²) in [4.78, 5) is 0. The van der Waals surface area contributed by atoms with Gasteiger partial charge in [0.05, 0.1) is 6.10 Å². The summed E-state index contributed by atoms with van der Waals surface area (Å²) >= 11 is 0. The Morgan fingerprint density at radius 1 is 1.17 bits per heavy atom. The Morgan fingerprint density at radius 2 is 1.83 bits per heavy atom. The molecule has 0 aromatic carbocycles. The highest BCUT2D eigenvalue weighted by Crippen LogP contribution is 2.51. The first-order valence-corrected chi connectivity index (χ1v) is 5.16. The van der Waals surface area contributed by atoms with E-state index in [1.165, 1.54) is 32.1 Å². The van der Waals surface area contributed by atoms with E-state index < -0.39 is 0 Å². The summed E-state index contributed by atoms with van der Waals surface area (Å²) in [5, 5.41) is 3.39. The average Bonchev–Trinajstić information content (AvgIpc) is 2.02. The highest BCUT2D eigenvalue weighted by Gasteiger charge is 2.51. The lowest BCUT2D eigenvalue weighted by Gasteiger charge is -2.56. The summed E-state index contributed by atoms with van der Waals surface area (Å²) < 4.78 is 6.05. The normalized spacial score (nSPS) is 56.2. The monoisotopic (exact) mass is 167 g/mol. The molecule has 0 spiro atoms. The summed E-state index contributed by atoms with van der Waals surface area (Å²) in [5.41, 5.74) is 0.0920. The van der Waals surface area contributed by atoms with Crippen LogP contribution in [0.25, 0.3) is 0 Å². The van der Waals surface area contributed by atoms with Crippen molar-refractivity contribution in [2.75, 3.05) is 7.05 Å². The molecule has 1 N–H and O–H groups in total. The zero-order valence-electron chi connectivity index (χ0n) is 7.68. The molecule has 0 radical (unpaired) electrons. The van der Waals surface area contributed by atoms with Gasteiger partial charge in [0, 0.05) is 0 Å². The van der Waals surface area contributed by atoms with Crippen LogP contribution in [0.4, 0.5) is 0 Å². The van der Waals surface area contributed by atoms with Crippen molar-refractivity contribution in [1.29, 1.82) is 0 Å². The van der Waals surface area contributed by atoms with Crippen LogP contribution in [0.1, 0.15) is 32.1 Å². The molecule has 68 valence electrons. The highest BCUT2D eigenvalue weighted by molar-refractivity contribution is 4.99. The third-order valence-corrected chi connectivity index (χ3v) is 3.94. The molecule has 4 rings (SSSR count). The predicted octanol–water partition coefficient (Wildman–Crippen LogP) is 1.51. The van der Waals surface area contributed by atoms with Gasteiger partial charge in [0.25, 0.3) is 0 Å². The highest BCUT2D eigenvalue weighted by atomic mass is 16.5. The lowest BCUT2D eigenvalue weighted by Crippen LogP contribution is -2.60. The number of ether oxygens (including phenoxy) is 1. The van der Waals surface area contributed by atoms with Crippen LogP contribution >= 0.6 is 0 Å². The minimum absolute atomic E-state index is 0.0920. The number of hydrogen-bond donors (Lipinski definition) is 1. The Hall–Kier alpha value is -0.0800. The van der Waals surface area contributed by atoms with Crippen LogP contribution in [0.5, 0.6) is 0 Å². The average molecular weight is 167 g/mol. The SMILES string of the molecule is CNC12C[C@@H]3CC(C[C@@H](C3)C1)O2. The van der Waals surface area contributed by atoms with Crippen molar-refractivity contribution in [2.24, 2.45) is 11.8 Å². The quantitative estimate of drug-likeness (QED) is 0.639. The molecule has 2 heterocycles. The summed E-state index contributed by atoms with van der Waals surface area (Å²) in [6, 6.07) is 0. The van der Waals surface area contributed by atoms with Crippen LogP contribution < -0.4 is 5.32 Å². The summed E-state index contributed by atoms with van der Waals surface area (Å²) in [6.07, 6.45) is 7.25. The van der Waals surface area contributed by atoms with Crippen molar-refractivity contribution in [3.8, 4) is 0 Å². The number of nitrogens with one attached hydrogen (secondary N) is 1. The van der Waals surface area contributed by atoms with Gasteiger partial charge in [-0.2, -0.15) is 0 Å². The van der Waals surface area contributed by atoms with E-state index in [1.54, 1.807) is 0 Å². The van der Waals surface area contributed by atoms with Crippen molar-refractivity contribution in [3.05, 3.63) is 0 Å². The van der Waals surface area contributed by atoms with E-state index in [0.29, 0.717) is 6.10 Å². The maximum absolute atomic E-state index is 6.05. The molecule has 0 amide bonds. The molecule has 4 bridgehead atoms. The van der Waals surface area contributed by atoms with Crippen LogP contribution in [0.3, 0.4) is 0 Å². The first-order valence-electron chi connectivity index (χ1n) is 5.16. The van der Waals surface area contributed by atoms with E-state index in [2.05, 4.69) is 5.32 Å². The standard InChI is InChI=1S/C10H17NO/c1-11-10-5-7-2-8(6-10)4-9(3-7)12-10/h7-9,11H,2-6H2,1H3/t7-,8+,9?,10?. The fourth-order valence-corrected chi connectivity index (χ4v) is 3.63. The van der Waals surface area contributed by atoms with E-state index in [-0.39, 0.29) is 5.72 Å². The topological polar surface area (TPSA) is 21.3 Å². The molecule has 0 aromatic rings. The van der Waals surface area contributed by atoms with Gasteiger partial charge in [-0.3, -0.25) is 5.32 Å². The van der Waals surface area contributed by atoms with E-state index in [1.807, 2.05) is 7.05 Å². The second-order valence-electron chi connectivity index (χ2n) is 4.83. The van der Waals surface area contributed by atoms with Gasteiger partial charge in [-0.25, -0.2) is 0 Å². The summed E-state index contributed by atoms with van der Waals surface area (Å²) in [7, 11) is 2.05. The minimum Gasteiger partial charge on any atom is -0.357 e. The Balaban J connectivity index is 1.90.